The highest BCUT2D eigenvalue weighted by Gasteiger charge is 2.16. The van der Waals surface area contributed by atoms with E-state index in [9.17, 15) is 0 Å². The van der Waals surface area contributed by atoms with E-state index in [0.717, 1.165) is 21.9 Å². The summed E-state index contributed by atoms with van der Waals surface area (Å²) < 4.78 is 11.1. The van der Waals surface area contributed by atoms with Crippen molar-refractivity contribution in [3.05, 3.63) is 170 Å². The number of fused-ring (bicyclic) bond motifs is 9. The number of allylic oxidation sites excluding steroid dienone is 4. The second-order valence-corrected chi connectivity index (χ2v) is 13.4. The lowest BCUT2D eigenvalue weighted by molar-refractivity contribution is 0.669. The number of nitrogens with zero attached hydrogens (tertiary/aromatic N) is 2. The SMILES string of the molecule is C/C=C\C=C(/C)n1c2ccccc2c2cc(-c3ccc4oc5ccc(-c6ccc7c(c6)c6ccccc6n7-c6ccccc6)cc5c4c3)ccc21. The van der Waals surface area contributed by atoms with Crippen LogP contribution in [0.4, 0.5) is 0 Å². The zero-order chi connectivity index (χ0) is 34.1. The monoisotopic (exact) mass is 654 g/mol. The predicted octanol–water partition coefficient (Wildman–Crippen LogP) is 13.6. The van der Waals surface area contributed by atoms with Crippen molar-refractivity contribution >= 4 is 71.2 Å². The Bertz CT molecular complexity index is 3040. The average molecular weight is 655 g/mol. The molecule has 7 aromatic carbocycles. The quantitative estimate of drug-likeness (QED) is 0.169. The third kappa shape index (κ3) is 4.59. The minimum atomic E-state index is 0.898. The van der Waals surface area contributed by atoms with E-state index in [4.69, 9.17) is 4.42 Å². The molecular formula is C48H34N2O. The lowest BCUT2D eigenvalue weighted by atomic mass is 9.98. The van der Waals surface area contributed by atoms with Crippen molar-refractivity contribution in [2.45, 2.75) is 13.8 Å². The maximum absolute atomic E-state index is 6.39. The number of rotatable bonds is 5. The molecule has 242 valence electrons. The maximum atomic E-state index is 6.39. The second-order valence-electron chi connectivity index (χ2n) is 13.4. The van der Waals surface area contributed by atoms with Gasteiger partial charge in [0.15, 0.2) is 0 Å². The van der Waals surface area contributed by atoms with Gasteiger partial charge < -0.3 is 13.6 Å². The lowest BCUT2D eigenvalue weighted by Crippen LogP contribution is -1.92. The number of para-hydroxylation sites is 3. The molecule has 0 aliphatic carbocycles. The molecule has 3 heteroatoms. The molecule has 0 saturated heterocycles. The van der Waals surface area contributed by atoms with Crippen molar-refractivity contribution in [1.29, 1.82) is 0 Å². The Labute approximate surface area is 295 Å². The molecule has 10 rings (SSSR count). The first-order valence-corrected chi connectivity index (χ1v) is 17.6. The fourth-order valence-electron chi connectivity index (χ4n) is 7.99. The molecule has 51 heavy (non-hydrogen) atoms. The molecule has 3 heterocycles. The molecule has 0 bridgehead atoms. The van der Waals surface area contributed by atoms with Gasteiger partial charge in [0.05, 0.1) is 22.1 Å². The first-order valence-electron chi connectivity index (χ1n) is 17.6. The first kappa shape index (κ1) is 29.3. The average Bonchev–Trinajstić information content (AvgIpc) is 3.84. The summed E-state index contributed by atoms with van der Waals surface area (Å²) in [6.07, 6.45) is 6.34. The van der Waals surface area contributed by atoms with Crippen molar-refractivity contribution in [3.8, 4) is 27.9 Å². The predicted molar refractivity (Wildman–Crippen MR) is 217 cm³/mol. The summed E-state index contributed by atoms with van der Waals surface area (Å²) in [5.41, 5.74) is 13.7. The van der Waals surface area contributed by atoms with E-state index in [2.05, 4.69) is 193 Å². The number of furan rings is 1. The Morgan fingerprint density at radius 2 is 0.941 bits per heavy atom. The van der Waals surface area contributed by atoms with Crippen LogP contribution in [0.2, 0.25) is 0 Å². The summed E-state index contributed by atoms with van der Waals surface area (Å²) in [7, 11) is 0. The molecule has 0 N–H and O–H groups in total. The summed E-state index contributed by atoms with van der Waals surface area (Å²) >= 11 is 0. The zero-order valence-electron chi connectivity index (χ0n) is 28.5. The Morgan fingerprint density at radius 1 is 0.471 bits per heavy atom. The number of hydrogen-bond donors (Lipinski definition) is 0. The van der Waals surface area contributed by atoms with Gasteiger partial charge in [-0.2, -0.15) is 0 Å². The molecule has 3 nitrogen and oxygen atoms in total. The fraction of sp³-hybridized carbons (Fsp3) is 0.0417. The standard InChI is InChI=1S/C48H34N2O/c1-3-4-12-31(2)49-43-17-10-8-15-37(43)39-27-32(19-23-45(39)49)34-21-25-47-41(29-34)42-30-35(22-26-48(42)51-47)33-20-24-46-40(28-33)38-16-9-11-18-44(38)50(46)36-13-6-5-7-14-36/h3-30H,1-2H3/b4-3-,31-12+. The number of benzene rings is 7. The van der Waals surface area contributed by atoms with Crippen LogP contribution in [0.3, 0.4) is 0 Å². The Morgan fingerprint density at radius 3 is 1.59 bits per heavy atom. The van der Waals surface area contributed by atoms with Crippen LogP contribution >= 0.6 is 0 Å². The van der Waals surface area contributed by atoms with E-state index in [1.54, 1.807) is 0 Å². The zero-order valence-corrected chi connectivity index (χ0v) is 28.5. The van der Waals surface area contributed by atoms with E-state index >= 15 is 0 Å². The van der Waals surface area contributed by atoms with Gasteiger partial charge in [-0.15, -0.1) is 0 Å². The minimum absolute atomic E-state index is 0.898. The highest BCUT2D eigenvalue weighted by Crippen LogP contribution is 2.39. The van der Waals surface area contributed by atoms with Crippen LogP contribution in [-0.4, -0.2) is 9.13 Å². The molecule has 0 saturated carbocycles. The van der Waals surface area contributed by atoms with Gasteiger partial charge in [-0.1, -0.05) is 91.0 Å². The molecule has 0 aliphatic heterocycles. The molecule has 0 aliphatic rings. The molecule has 10 aromatic rings. The molecule has 0 unspecified atom stereocenters. The van der Waals surface area contributed by atoms with Crippen LogP contribution < -0.4 is 0 Å². The summed E-state index contributed by atoms with van der Waals surface area (Å²) in [6, 6.07) is 54.9. The Kier molecular flexibility index (Phi) is 6.62. The van der Waals surface area contributed by atoms with Gasteiger partial charge in [-0.05, 0) is 115 Å². The van der Waals surface area contributed by atoms with Crippen molar-refractivity contribution in [2.75, 3.05) is 0 Å². The van der Waals surface area contributed by atoms with Crippen LogP contribution in [0.25, 0.3) is 99.2 Å². The number of hydrogen-bond acceptors (Lipinski definition) is 1. The minimum Gasteiger partial charge on any atom is -0.456 e. The van der Waals surface area contributed by atoms with Gasteiger partial charge in [-0.25, -0.2) is 0 Å². The Hall–Kier alpha value is -6.58. The van der Waals surface area contributed by atoms with Crippen LogP contribution in [-0.2, 0) is 0 Å². The van der Waals surface area contributed by atoms with Crippen LogP contribution in [0.5, 0.6) is 0 Å². The van der Waals surface area contributed by atoms with E-state index in [1.165, 1.54) is 77.2 Å². The van der Waals surface area contributed by atoms with Gasteiger partial charge in [0, 0.05) is 43.7 Å². The smallest absolute Gasteiger partial charge is 0.135 e. The molecule has 0 radical (unpaired) electrons. The molecular weight excluding hydrogens is 621 g/mol. The van der Waals surface area contributed by atoms with Gasteiger partial charge in [-0.3, -0.25) is 0 Å². The molecule has 0 amide bonds. The third-order valence-electron chi connectivity index (χ3n) is 10.4. The van der Waals surface area contributed by atoms with Crippen molar-refractivity contribution in [2.24, 2.45) is 0 Å². The van der Waals surface area contributed by atoms with Gasteiger partial charge in [0.1, 0.15) is 11.2 Å². The number of aromatic nitrogens is 2. The van der Waals surface area contributed by atoms with Crippen LogP contribution in [0.1, 0.15) is 13.8 Å². The normalized spacial score (nSPS) is 12.5. The highest BCUT2D eigenvalue weighted by atomic mass is 16.3. The summed E-state index contributed by atoms with van der Waals surface area (Å²) in [5.74, 6) is 0. The lowest BCUT2D eigenvalue weighted by Gasteiger charge is -2.08. The maximum Gasteiger partial charge on any atom is 0.135 e. The Balaban J connectivity index is 1.10. The third-order valence-corrected chi connectivity index (χ3v) is 10.4. The van der Waals surface area contributed by atoms with Gasteiger partial charge >= 0.3 is 0 Å². The van der Waals surface area contributed by atoms with Crippen molar-refractivity contribution < 1.29 is 4.42 Å². The van der Waals surface area contributed by atoms with E-state index < -0.39 is 0 Å². The van der Waals surface area contributed by atoms with Crippen LogP contribution in [0.15, 0.2) is 174 Å². The fourth-order valence-corrected chi connectivity index (χ4v) is 7.99. The van der Waals surface area contributed by atoms with Gasteiger partial charge in [0.2, 0.25) is 0 Å². The summed E-state index contributed by atoms with van der Waals surface area (Å²) in [5, 5.41) is 7.25. The summed E-state index contributed by atoms with van der Waals surface area (Å²) in [4.78, 5) is 0. The van der Waals surface area contributed by atoms with Gasteiger partial charge in [0.25, 0.3) is 0 Å². The van der Waals surface area contributed by atoms with E-state index in [-0.39, 0.29) is 0 Å². The second kappa shape index (κ2) is 11.5. The first-order chi connectivity index (χ1) is 25.2. The molecule has 3 aromatic heterocycles. The molecule has 0 fully saturated rings. The largest absolute Gasteiger partial charge is 0.456 e. The van der Waals surface area contributed by atoms with Crippen molar-refractivity contribution in [1.82, 2.24) is 9.13 Å². The highest BCUT2D eigenvalue weighted by molar-refractivity contribution is 6.13. The molecule has 0 spiro atoms. The summed E-state index contributed by atoms with van der Waals surface area (Å²) in [6.45, 7) is 4.22. The van der Waals surface area contributed by atoms with Crippen LogP contribution in [0, 0.1) is 0 Å². The topological polar surface area (TPSA) is 23.0 Å². The van der Waals surface area contributed by atoms with E-state index in [0.29, 0.717) is 0 Å². The van der Waals surface area contributed by atoms with Crippen molar-refractivity contribution in [3.63, 3.8) is 0 Å². The molecule has 0 atom stereocenters. The van der Waals surface area contributed by atoms with E-state index in [1.807, 2.05) is 0 Å².